The van der Waals surface area contributed by atoms with Crippen molar-refractivity contribution in [2.45, 2.75) is 51.7 Å². The second-order valence-electron chi connectivity index (χ2n) is 4.89. The van der Waals surface area contributed by atoms with E-state index >= 15 is 0 Å². The molecule has 18 heavy (non-hydrogen) atoms. The number of hydrogen-bond acceptors (Lipinski definition) is 3. The van der Waals surface area contributed by atoms with Crippen molar-refractivity contribution in [2.75, 3.05) is 11.4 Å². The summed E-state index contributed by atoms with van der Waals surface area (Å²) in [5, 5.41) is 9.79. The molecule has 1 saturated heterocycles. The van der Waals surface area contributed by atoms with Gasteiger partial charge < -0.3 is 10.0 Å². The van der Waals surface area contributed by atoms with E-state index in [0.29, 0.717) is 16.8 Å². The largest absolute Gasteiger partial charge is 0.390 e. The molecule has 1 aliphatic rings. The third-order valence-electron chi connectivity index (χ3n) is 3.60. The topological polar surface area (TPSA) is 36.4 Å². The summed E-state index contributed by atoms with van der Waals surface area (Å²) in [4.78, 5) is 6.87. The molecule has 2 rings (SSSR count). The van der Waals surface area contributed by atoms with E-state index in [4.69, 9.17) is 11.6 Å². The van der Waals surface area contributed by atoms with Gasteiger partial charge in [-0.05, 0) is 37.8 Å². The Kier molecular flexibility index (Phi) is 4.84. The number of aromatic nitrogens is 1. The van der Waals surface area contributed by atoms with Crippen LogP contribution in [0.3, 0.4) is 0 Å². The molecular weight excluding hydrogens is 248 g/mol. The van der Waals surface area contributed by atoms with Gasteiger partial charge in [-0.2, -0.15) is 0 Å². The quantitative estimate of drug-likeness (QED) is 0.909. The van der Waals surface area contributed by atoms with Crippen LogP contribution >= 0.6 is 11.6 Å². The van der Waals surface area contributed by atoms with Crippen molar-refractivity contribution in [1.29, 1.82) is 0 Å². The molecule has 0 saturated carbocycles. The highest BCUT2D eigenvalue weighted by atomic mass is 35.5. The molecule has 1 unspecified atom stereocenters. The van der Waals surface area contributed by atoms with E-state index in [-0.39, 0.29) is 6.61 Å². The lowest BCUT2D eigenvalue weighted by molar-refractivity contribution is 0.277. The molecule has 1 atom stereocenters. The molecule has 3 nitrogen and oxygen atoms in total. The highest BCUT2D eigenvalue weighted by Crippen LogP contribution is 2.27. The van der Waals surface area contributed by atoms with Crippen LogP contribution in [0, 0.1) is 0 Å². The Balaban J connectivity index is 2.22. The molecule has 1 N–H and O–H groups in total. The monoisotopic (exact) mass is 268 g/mol. The predicted octanol–water partition coefficient (Wildman–Crippen LogP) is 3.39. The van der Waals surface area contributed by atoms with Gasteiger partial charge >= 0.3 is 0 Å². The molecule has 0 amide bonds. The van der Waals surface area contributed by atoms with E-state index in [1.807, 2.05) is 12.1 Å². The minimum Gasteiger partial charge on any atom is -0.390 e. The lowest BCUT2D eigenvalue weighted by Gasteiger charge is -2.37. The van der Waals surface area contributed by atoms with Crippen molar-refractivity contribution in [1.82, 2.24) is 4.98 Å². The summed E-state index contributed by atoms with van der Waals surface area (Å²) < 4.78 is 0. The predicted molar refractivity (Wildman–Crippen MR) is 75.1 cm³/mol. The van der Waals surface area contributed by atoms with Gasteiger partial charge in [0.2, 0.25) is 0 Å². The van der Waals surface area contributed by atoms with Gasteiger partial charge in [-0.15, -0.1) is 0 Å². The van der Waals surface area contributed by atoms with Gasteiger partial charge in [0.05, 0.1) is 17.3 Å². The SMILES string of the molecule is CCCC1CCCCN1c1ccc(Cl)c(CO)n1. The van der Waals surface area contributed by atoms with Gasteiger partial charge in [-0.3, -0.25) is 0 Å². The third-order valence-corrected chi connectivity index (χ3v) is 3.94. The van der Waals surface area contributed by atoms with Gasteiger partial charge in [0.25, 0.3) is 0 Å². The van der Waals surface area contributed by atoms with Gasteiger partial charge in [0, 0.05) is 12.6 Å². The fourth-order valence-electron chi connectivity index (χ4n) is 2.68. The smallest absolute Gasteiger partial charge is 0.129 e. The molecule has 0 radical (unpaired) electrons. The van der Waals surface area contributed by atoms with Crippen molar-refractivity contribution in [3.8, 4) is 0 Å². The first-order valence-corrected chi connectivity index (χ1v) is 7.17. The van der Waals surface area contributed by atoms with Crippen LogP contribution in [-0.2, 0) is 6.61 Å². The standard InChI is InChI=1S/C14H21ClN2O/c1-2-5-11-6-3-4-9-17(11)14-8-7-12(15)13(10-18)16-14/h7-8,11,18H,2-6,9-10H2,1H3. The van der Waals surface area contributed by atoms with E-state index in [2.05, 4.69) is 16.8 Å². The van der Waals surface area contributed by atoms with Crippen molar-refractivity contribution in [2.24, 2.45) is 0 Å². The van der Waals surface area contributed by atoms with Gasteiger partial charge in [0.15, 0.2) is 0 Å². The summed E-state index contributed by atoms with van der Waals surface area (Å²) in [6, 6.07) is 4.40. The van der Waals surface area contributed by atoms with Gasteiger partial charge in [-0.1, -0.05) is 24.9 Å². The zero-order valence-corrected chi connectivity index (χ0v) is 11.7. The fraction of sp³-hybridized carbons (Fsp3) is 0.643. The zero-order valence-electron chi connectivity index (χ0n) is 10.9. The van der Waals surface area contributed by atoms with E-state index in [0.717, 1.165) is 12.4 Å². The first kappa shape index (κ1) is 13.6. The summed E-state index contributed by atoms with van der Waals surface area (Å²) in [5.41, 5.74) is 0.579. The molecule has 0 bridgehead atoms. The van der Waals surface area contributed by atoms with Crippen molar-refractivity contribution in [3.63, 3.8) is 0 Å². The number of pyridine rings is 1. The van der Waals surface area contributed by atoms with E-state index in [1.54, 1.807) is 0 Å². The Hall–Kier alpha value is -0.800. The average molecular weight is 269 g/mol. The molecule has 0 spiro atoms. The number of piperidine rings is 1. The Morgan fingerprint density at radius 3 is 3.00 bits per heavy atom. The maximum Gasteiger partial charge on any atom is 0.129 e. The van der Waals surface area contributed by atoms with Crippen LogP contribution in [0.2, 0.25) is 5.02 Å². The highest BCUT2D eigenvalue weighted by molar-refractivity contribution is 6.31. The van der Waals surface area contributed by atoms with Crippen molar-refractivity contribution < 1.29 is 5.11 Å². The first-order valence-electron chi connectivity index (χ1n) is 6.79. The lowest BCUT2D eigenvalue weighted by Crippen LogP contribution is -2.40. The Bertz CT molecular complexity index is 395. The molecular formula is C14H21ClN2O. The zero-order chi connectivity index (χ0) is 13.0. The Morgan fingerprint density at radius 2 is 2.28 bits per heavy atom. The van der Waals surface area contributed by atoms with Crippen LogP contribution in [-0.4, -0.2) is 22.7 Å². The average Bonchev–Trinajstić information content (AvgIpc) is 2.40. The van der Waals surface area contributed by atoms with Crippen LogP contribution in [0.1, 0.15) is 44.7 Å². The summed E-state index contributed by atoms with van der Waals surface area (Å²) in [6.45, 7) is 3.18. The lowest BCUT2D eigenvalue weighted by atomic mass is 9.98. The molecule has 0 aromatic carbocycles. The van der Waals surface area contributed by atoms with Crippen LogP contribution in [0.15, 0.2) is 12.1 Å². The van der Waals surface area contributed by atoms with Crippen LogP contribution in [0.25, 0.3) is 0 Å². The van der Waals surface area contributed by atoms with E-state index in [9.17, 15) is 5.11 Å². The summed E-state index contributed by atoms with van der Waals surface area (Å²) in [6.07, 6.45) is 6.17. The molecule has 1 aromatic rings. The van der Waals surface area contributed by atoms with Gasteiger partial charge in [0.1, 0.15) is 5.82 Å². The Labute approximate surface area is 114 Å². The van der Waals surface area contributed by atoms with Crippen LogP contribution in [0.4, 0.5) is 5.82 Å². The van der Waals surface area contributed by atoms with Gasteiger partial charge in [-0.25, -0.2) is 4.98 Å². The summed E-state index contributed by atoms with van der Waals surface area (Å²) in [5.74, 6) is 0.960. The number of hydrogen-bond donors (Lipinski definition) is 1. The number of halogens is 1. The summed E-state index contributed by atoms with van der Waals surface area (Å²) >= 11 is 5.99. The van der Waals surface area contributed by atoms with Crippen molar-refractivity contribution in [3.05, 3.63) is 22.8 Å². The number of aliphatic hydroxyl groups excluding tert-OH is 1. The Morgan fingerprint density at radius 1 is 1.44 bits per heavy atom. The van der Waals surface area contributed by atoms with Crippen LogP contribution in [0.5, 0.6) is 0 Å². The molecule has 1 aromatic heterocycles. The minimum absolute atomic E-state index is 0.0983. The molecule has 1 fully saturated rings. The highest BCUT2D eigenvalue weighted by Gasteiger charge is 2.23. The maximum atomic E-state index is 9.25. The molecule has 4 heteroatoms. The molecule has 0 aliphatic carbocycles. The van der Waals surface area contributed by atoms with E-state index in [1.165, 1.54) is 32.1 Å². The fourth-order valence-corrected chi connectivity index (χ4v) is 2.84. The normalized spacial score (nSPS) is 20.2. The first-order chi connectivity index (χ1) is 8.76. The maximum absolute atomic E-state index is 9.25. The number of anilines is 1. The van der Waals surface area contributed by atoms with E-state index < -0.39 is 0 Å². The molecule has 100 valence electrons. The third kappa shape index (κ3) is 2.96. The van der Waals surface area contributed by atoms with Crippen LogP contribution < -0.4 is 4.90 Å². The van der Waals surface area contributed by atoms with Crippen molar-refractivity contribution >= 4 is 17.4 Å². The molecule has 1 aliphatic heterocycles. The number of nitrogens with zero attached hydrogens (tertiary/aromatic N) is 2. The number of aliphatic hydroxyl groups is 1. The number of rotatable bonds is 4. The molecule has 2 heterocycles. The summed E-state index contributed by atoms with van der Waals surface area (Å²) in [7, 11) is 0. The minimum atomic E-state index is -0.0983. The second-order valence-corrected chi connectivity index (χ2v) is 5.29. The second kappa shape index (κ2) is 6.39.